The average Bonchev–Trinajstić information content (AvgIpc) is 3.75. The number of para-hydroxylation sites is 2. The summed E-state index contributed by atoms with van der Waals surface area (Å²) < 4.78 is 81.8. The normalized spacial score (nSPS) is 14.5. The minimum absolute atomic E-state index is 0.0248. The standard InChI is InChI=1S/C39H24N4S/c1-3-13-25(14-4-1)27-19-11-20-30-28-17-7-9-23-33(28)43(35(27)30)39-41-37(26-15-5-2-6-16-26)40-38(42-39)32-22-12-21-31-29-18-8-10-24-34(29)44-36(31)32/h1-24H/i1D,3D,4D,7D,9D,13D,14D,17D,23D. The highest BCUT2D eigenvalue weighted by molar-refractivity contribution is 7.26. The van der Waals surface area contributed by atoms with Gasteiger partial charge in [0.15, 0.2) is 11.6 Å². The van der Waals surface area contributed by atoms with E-state index < -0.39 is 42.3 Å². The van der Waals surface area contributed by atoms with Crippen LogP contribution in [0.3, 0.4) is 0 Å². The fourth-order valence-electron chi connectivity index (χ4n) is 5.78. The Morgan fingerprint density at radius 3 is 2.11 bits per heavy atom. The van der Waals surface area contributed by atoms with Crippen LogP contribution in [0.4, 0.5) is 0 Å². The monoisotopic (exact) mass is 589 g/mol. The van der Waals surface area contributed by atoms with Gasteiger partial charge in [0, 0.05) is 47.6 Å². The summed E-state index contributed by atoms with van der Waals surface area (Å²) in [6, 6.07) is 24.3. The van der Waals surface area contributed by atoms with Crippen LogP contribution in [0.15, 0.2) is 145 Å². The Morgan fingerprint density at radius 2 is 1.23 bits per heavy atom. The van der Waals surface area contributed by atoms with Crippen molar-refractivity contribution in [3.05, 3.63) is 145 Å². The second-order valence-corrected chi connectivity index (χ2v) is 11.2. The van der Waals surface area contributed by atoms with E-state index in [-0.39, 0.29) is 45.6 Å². The van der Waals surface area contributed by atoms with Crippen LogP contribution in [0.25, 0.3) is 81.8 Å². The topological polar surface area (TPSA) is 43.6 Å². The second kappa shape index (κ2) is 9.97. The van der Waals surface area contributed by atoms with Gasteiger partial charge in [-0.2, -0.15) is 9.97 Å². The van der Waals surface area contributed by atoms with Crippen LogP contribution in [0.5, 0.6) is 0 Å². The number of thiophene rings is 1. The number of hydrogen-bond donors (Lipinski definition) is 0. The van der Waals surface area contributed by atoms with Gasteiger partial charge in [-0.05, 0) is 23.7 Å². The molecule has 5 heteroatoms. The Labute approximate surface area is 270 Å². The summed E-state index contributed by atoms with van der Waals surface area (Å²) in [5.74, 6) is 0.652. The lowest BCUT2D eigenvalue weighted by Crippen LogP contribution is -2.07. The Hall–Kier alpha value is -5.65. The van der Waals surface area contributed by atoms with Gasteiger partial charge in [-0.25, -0.2) is 4.98 Å². The smallest absolute Gasteiger partial charge is 0.238 e. The van der Waals surface area contributed by atoms with Gasteiger partial charge in [-0.3, -0.25) is 4.57 Å². The van der Waals surface area contributed by atoms with Crippen LogP contribution in [0, 0.1) is 0 Å². The zero-order chi connectivity index (χ0) is 36.9. The number of fused-ring (bicyclic) bond motifs is 6. The molecule has 0 fully saturated rings. The number of nitrogens with zero attached hydrogens (tertiary/aromatic N) is 4. The maximum Gasteiger partial charge on any atom is 0.238 e. The lowest BCUT2D eigenvalue weighted by molar-refractivity contribution is 0.955. The number of hydrogen-bond acceptors (Lipinski definition) is 4. The molecule has 3 aromatic heterocycles. The first-order valence-corrected chi connectivity index (χ1v) is 14.7. The summed E-state index contributed by atoms with van der Waals surface area (Å²) in [6.07, 6.45) is 0. The van der Waals surface area contributed by atoms with Gasteiger partial charge in [0.2, 0.25) is 5.95 Å². The van der Waals surface area contributed by atoms with Crippen LogP contribution < -0.4 is 0 Å². The van der Waals surface area contributed by atoms with Gasteiger partial charge in [0.05, 0.1) is 23.4 Å². The zero-order valence-corrected chi connectivity index (χ0v) is 23.7. The zero-order valence-electron chi connectivity index (χ0n) is 31.9. The fraction of sp³-hybridized carbons (Fsp3) is 0. The van der Waals surface area contributed by atoms with Crippen molar-refractivity contribution in [2.45, 2.75) is 0 Å². The van der Waals surface area contributed by atoms with E-state index in [9.17, 15) is 0 Å². The molecular weight excluding hydrogens is 557 g/mol. The van der Waals surface area contributed by atoms with Crippen molar-refractivity contribution >= 4 is 53.3 Å². The Kier molecular flexibility index (Phi) is 3.96. The van der Waals surface area contributed by atoms with E-state index in [4.69, 9.17) is 27.3 Å². The molecule has 44 heavy (non-hydrogen) atoms. The Balaban J connectivity index is 1.47. The molecule has 4 nitrogen and oxygen atoms in total. The molecule has 9 aromatic rings. The van der Waals surface area contributed by atoms with E-state index in [1.807, 2.05) is 60.7 Å². The van der Waals surface area contributed by atoms with Crippen LogP contribution in [0.1, 0.15) is 12.3 Å². The molecule has 0 bridgehead atoms. The summed E-state index contributed by atoms with van der Waals surface area (Å²) >= 11 is 1.61. The maximum atomic E-state index is 9.17. The minimum Gasteiger partial charge on any atom is -0.277 e. The van der Waals surface area contributed by atoms with Gasteiger partial charge in [-0.1, -0.05) is 127 Å². The van der Waals surface area contributed by atoms with Crippen molar-refractivity contribution in [2.75, 3.05) is 0 Å². The lowest BCUT2D eigenvalue weighted by atomic mass is 10.0. The highest BCUT2D eigenvalue weighted by Gasteiger charge is 2.21. The SMILES string of the molecule is [2H]c1c([2H])c([2H])c(-c2cccc3c4c([2H])c([2H])c([2H])c([2H])c4n(-c4nc(-c5ccccc5)nc(-c5cccc6c5sc5ccccc56)n4)c23)c([2H])c1[2H]. The van der Waals surface area contributed by atoms with Crippen molar-refractivity contribution < 1.29 is 12.3 Å². The molecule has 0 saturated heterocycles. The largest absolute Gasteiger partial charge is 0.277 e. The van der Waals surface area contributed by atoms with E-state index >= 15 is 0 Å². The fourth-order valence-corrected chi connectivity index (χ4v) is 6.99. The third-order valence-electron chi connectivity index (χ3n) is 7.69. The molecule has 0 unspecified atom stereocenters. The summed E-state index contributed by atoms with van der Waals surface area (Å²) in [5, 5.41) is 2.66. The first kappa shape index (κ1) is 17.5. The maximum absolute atomic E-state index is 9.17. The third kappa shape index (κ3) is 3.87. The Bertz CT molecular complexity index is 2990. The van der Waals surface area contributed by atoms with E-state index in [0.717, 1.165) is 25.7 Å². The molecular formula is C39H24N4S. The summed E-state index contributed by atoms with van der Waals surface area (Å²) in [6.45, 7) is 0. The molecule has 0 aliphatic heterocycles. The molecule has 3 heterocycles. The molecule has 0 saturated carbocycles. The van der Waals surface area contributed by atoms with Crippen molar-refractivity contribution in [3.8, 4) is 39.9 Å². The van der Waals surface area contributed by atoms with E-state index in [0.29, 0.717) is 22.6 Å². The Morgan fingerprint density at radius 1 is 0.523 bits per heavy atom. The molecule has 0 aliphatic rings. The molecule has 0 aliphatic carbocycles. The van der Waals surface area contributed by atoms with Crippen LogP contribution >= 0.6 is 11.3 Å². The molecule has 0 atom stereocenters. The highest BCUT2D eigenvalue weighted by atomic mass is 32.1. The quantitative estimate of drug-likeness (QED) is 0.205. The number of rotatable bonds is 4. The van der Waals surface area contributed by atoms with Gasteiger partial charge in [0.25, 0.3) is 0 Å². The third-order valence-corrected chi connectivity index (χ3v) is 8.91. The molecule has 0 N–H and O–H groups in total. The van der Waals surface area contributed by atoms with Crippen LogP contribution in [0.2, 0.25) is 0 Å². The first-order valence-electron chi connectivity index (χ1n) is 18.4. The van der Waals surface area contributed by atoms with Crippen molar-refractivity contribution in [3.63, 3.8) is 0 Å². The molecule has 6 aromatic carbocycles. The van der Waals surface area contributed by atoms with Gasteiger partial charge < -0.3 is 0 Å². The highest BCUT2D eigenvalue weighted by Crippen LogP contribution is 2.41. The second-order valence-electron chi connectivity index (χ2n) is 10.2. The molecule has 9 rings (SSSR count). The predicted octanol–water partition coefficient (Wildman–Crippen LogP) is 10.3. The van der Waals surface area contributed by atoms with Gasteiger partial charge in [-0.15, -0.1) is 11.3 Å². The molecule has 206 valence electrons. The number of benzene rings is 6. The van der Waals surface area contributed by atoms with Gasteiger partial charge in [0.1, 0.15) is 0 Å². The van der Waals surface area contributed by atoms with Crippen molar-refractivity contribution in [1.82, 2.24) is 19.5 Å². The first-order chi connectivity index (χ1) is 25.6. The summed E-state index contributed by atoms with van der Waals surface area (Å²) in [4.78, 5) is 14.9. The lowest BCUT2D eigenvalue weighted by Gasteiger charge is -2.13. The van der Waals surface area contributed by atoms with E-state index in [2.05, 4.69) is 12.1 Å². The van der Waals surface area contributed by atoms with Gasteiger partial charge >= 0.3 is 0 Å². The summed E-state index contributed by atoms with van der Waals surface area (Å²) in [7, 11) is 0. The summed E-state index contributed by atoms with van der Waals surface area (Å²) in [5.41, 5.74) is 1.86. The van der Waals surface area contributed by atoms with E-state index in [1.165, 1.54) is 4.57 Å². The number of aromatic nitrogens is 4. The predicted molar refractivity (Wildman–Crippen MR) is 183 cm³/mol. The minimum atomic E-state index is -0.541. The molecule has 0 amide bonds. The van der Waals surface area contributed by atoms with Crippen molar-refractivity contribution in [2.24, 2.45) is 0 Å². The van der Waals surface area contributed by atoms with Crippen LogP contribution in [-0.2, 0) is 0 Å². The average molecular weight is 590 g/mol. The van der Waals surface area contributed by atoms with Crippen LogP contribution in [-0.4, -0.2) is 19.5 Å². The van der Waals surface area contributed by atoms with E-state index in [1.54, 1.807) is 29.5 Å². The van der Waals surface area contributed by atoms with Crippen molar-refractivity contribution in [1.29, 1.82) is 0 Å². The molecule has 0 spiro atoms. The molecule has 0 radical (unpaired) electrons.